The van der Waals surface area contributed by atoms with E-state index in [0.29, 0.717) is 5.75 Å². The van der Waals surface area contributed by atoms with Gasteiger partial charge in [-0.1, -0.05) is 12.1 Å². The average Bonchev–Trinajstić information content (AvgIpc) is 1.84. The van der Waals surface area contributed by atoms with Gasteiger partial charge in [0.2, 0.25) is 0 Å². The van der Waals surface area contributed by atoms with Gasteiger partial charge in [0.1, 0.15) is 5.75 Å². The van der Waals surface area contributed by atoms with E-state index in [9.17, 15) is 0 Å². The summed E-state index contributed by atoms with van der Waals surface area (Å²) in [5.41, 5.74) is 5.75. The summed E-state index contributed by atoms with van der Waals surface area (Å²) in [5.74, 6) is 0.338. The third kappa shape index (κ3) is 7.05. The fraction of sp³-hybridized carbons (Fsp3) is 0.333. The van der Waals surface area contributed by atoms with Crippen LogP contribution in [0, 0.1) is 6.92 Å². The molecule has 0 aliphatic carbocycles. The van der Waals surface area contributed by atoms with Crippen LogP contribution >= 0.6 is 0 Å². The summed E-state index contributed by atoms with van der Waals surface area (Å²) in [6.45, 7) is 3.44. The highest BCUT2D eigenvalue weighted by molar-refractivity contribution is 5.25. The maximum Gasteiger partial charge on any atom is 0.115 e. The molecule has 0 spiro atoms. The first kappa shape index (κ1) is 10.9. The lowest BCUT2D eigenvalue weighted by atomic mass is 10.2. The van der Waals surface area contributed by atoms with Crippen molar-refractivity contribution in [2.45, 2.75) is 20.1 Å². The summed E-state index contributed by atoms with van der Waals surface area (Å²) in [7, 11) is 0. The van der Waals surface area contributed by atoms with Crippen molar-refractivity contribution in [2.24, 2.45) is 5.73 Å². The van der Waals surface area contributed by atoms with Gasteiger partial charge in [-0.05, 0) is 31.5 Å². The van der Waals surface area contributed by atoms with Crippen molar-refractivity contribution in [3.05, 3.63) is 29.8 Å². The molecule has 0 radical (unpaired) electrons. The Morgan fingerprint density at radius 1 is 1.42 bits per heavy atom. The number of phenolic OH excluding ortho intramolecular Hbond substituents is 1. The standard InChI is InChI=1S/C7H8O.C2H7NO/c1-6-3-2-4-7(8)5-6;1-2(3)4/h2-5,8H,1H3;2,4H,3H2,1H3. The van der Waals surface area contributed by atoms with E-state index in [1.807, 2.05) is 19.1 Å². The SMILES string of the molecule is CC(N)O.Cc1cccc(O)c1. The van der Waals surface area contributed by atoms with Crippen LogP contribution in [0.15, 0.2) is 24.3 Å². The van der Waals surface area contributed by atoms with Crippen LogP contribution in [0.4, 0.5) is 0 Å². The highest BCUT2D eigenvalue weighted by Crippen LogP contribution is 2.08. The molecule has 12 heavy (non-hydrogen) atoms. The summed E-state index contributed by atoms with van der Waals surface area (Å²) >= 11 is 0. The number of hydrogen-bond acceptors (Lipinski definition) is 3. The zero-order valence-electron chi connectivity index (χ0n) is 7.36. The molecule has 4 N–H and O–H groups in total. The first-order valence-corrected chi connectivity index (χ1v) is 3.71. The Bertz CT molecular complexity index is 204. The monoisotopic (exact) mass is 169 g/mol. The van der Waals surface area contributed by atoms with Gasteiger partial charge in [-0.15, -0.1) is 0 Å². The van der Waals surface area contributed by atoms with E-state index in [1.54, 1.807) is 12.1 Å². The molecule has 0 aromatic heterocycles. The smallest absolute Gasteiger partial charge is 0.115 e. The molecular formula is C9H15NO2. The Hall–Kier alpha value is -1.06. The Morgan fingerprint density at radius 3 is 2.17 bits per heavy atom. The lowest BCUT2D eigenvalue weighted by Gasteiger charge is -1.89. The molecule has 1 rings (SSSR count). The molecular weight excluding hydrogens is 154 g/mol. The topological polar surface area (TPSA) is 66.5 Å². The third-order valence-corrected chi connectivity index (χ3v) is 1.00. The maximum atomic E-state index is 8.81. The fourth-order valence-electron chi connectivity index (χ4n) is 0.628. The first-order chi connectivity index (χ1) is 5.52. The molecule has 3 nitrogen and oxygen atoms in total. The first-order valence-electron chi connectivity index (χ1n) is 3.71. The highest BCUT2D eigenvalue weighted by Gasteiger charge is 1.83. The fourth-order valence-corrected chi connectivity index (χ4v) is 0.628. The van der Waals surface area contributed by atoms with Crippen LogP contribution in [0.1, 0.15) is 12.5 Å². The number of aliphatic hydroxyl groups excluding tert-OH is 1. The van der Waals surface area contributed by atoms with Gasteiger partial charge in [0.05, 0.1) is 6.23 Å². The van der Waals surface area contributed by atoms with E-state index in [4.69, 9.17) is 10.2 Å². The lowest BCUT2D eigenvalue weighted by Crippen LogP contribution is -2.11. The molecule has 1 aromatic carbocycles. The Kier molecular flexibility index (Phi) is 5.08. The number of aromatic hydroxyl groups is 1. The summed E-state index contributed by atoms with van der Waals surface area (Å²) in [6, 6.07) is 7.15. The summed E-state index contributed by atoms with van der Waals surface area (Å²) in [4.78, 5) is 0. The number of rotatable bonds is 0. The number of benzene rings is 1. The molecule has 0 saturated carbocycles. The second-order valence-corrected chi connectivity index (χ2v) is 2.58. The normalized spacial score (nSPS) is 11.3. The second-order valence-electron chi connectivity index (χ2n) is 2.58. The van der Waals surface area contributed by atoms with Crippen molar-refractivity contribution in [1.29, 1.82) is 0 Å². The highest BCUT2D eigenvalue weighted by atomic mass is 16.3. The van der Waals surface area contributed by atoms with Crippen LogP contribution in [0.25, 0.3) is 0 Å². The number of aliphatic hydroxyl groups is 1. The van der Waals surface area contributed by atoms with Gasteiger partial charge in [0.15, 0.2) is 0 Å². The molecule has 0 bridgehead atoms. The van der Waals surface area contributed by atoms with E-state index in [2.05, 4.69) is 5.73 Å². The largest absolute Gasteiger partial charge is 0.508 e. The van der Waals surface area contributed by atoms with Crippen molar-refractivity contribution in [3.8, 4) is 5.75 Å². The van der Waals surface area contributed by atoms with E-state index in [-0.39, 0.29) is 0 Å². The zero-order chi connectivity index (χ0) is 9.56. The lowest BCUT2D eigenvalue weighted by molar-refractivity contribution is 0.203. The van der Waals surface area contributed by atoms with E-state index >= 15 is 0 Å². The van der Waals surface area contributed by atoms with Gasteiger partial charge >= 0.3 is 0 Å². The van der Waals surface area contributed by atoms with Crippen LogP contribution in [0.3, 0.4) is 0 Å². The number of aryl methyl sites for hydroxylation is 1. The molecule has 0 heterocycles. The summed E-state index contributed by atoms with van der Waals surface area (Å²) in [6.07, 6.45) is -0.667. The zero-order valence-corrected chi connectivity index (χ0v) is 7.36. The quantitative estimate of drug-likeness (QED) is 0.507. The van der Waals surface area contributed by atoms with Crippen molar-refractivity contribution in [1.82, 2.24) is 0 Å². The number of hydrogen-bond donors (Lipinski definition) is 3. The minimum Gasteiger partial charge on any atom is -0.508 e. The van der Waals surface area contributed by atoms with Gasteiger partial charge in [-0.25, -0.2) is 0 Å². The number of phenols is 1. The van der Waals surface area contributed by atoms with Crippen LogP contribution in [0.5, 0.6) is 5.75 Å². The molecule has 1 atom stereocenters. The van der Waals surface area contributed by atoms with Crippen LogP contribution in [0.2, 0.25) is 0 Å². The molecule has 3 heteroatoms. The second kappa shape index (κ2) is 5.57. The van der Waals surface area contributed by atoms with E-state index in [0.717, 1.165) is 5.56 Å². The average molecular weight is 169 g/mol. The molecule has 0 aliphatic rings. The molecule has 68 valence electrons. The predicted molar refractivity (Wildman–Crippen MR) is 48.7 cm³/mol. The Labute approximate surface area is 72.5 Å². The van der Waals surface area contributed by atoms with E-state index < -0.39 is 6.23 Å². The van der Waals surface area contributed by atoms with Crippen LogP contribution in [-0.4, -0.2) is 16.4 Å². The minimum absolute atomic E-state index is 0.338. The molecule has 0 amide bonds. The van der Waals surface area contributed by atoms with Crippen molar-refractivity contribution in [3.63, 3.8) is 0 Å². The molecule has 0 fully saturated rings. The van der Waals surface area contributed by atoms with Gasteiger partial charge < -0.3 is 15.9 Å². The maximum absolute atomic E-state index is 8.81. The third-order valence-electron chi connectivity index (χ3n) is 1.00. The molecule has 0 saturated heterocycles. The number of nitrogens with two attached hydrogens (primary N) is 1. The Balaban J connectivity index is 0.000000261. The van der Waals surface area contributed by atoms with Gasteiger partial charge in [0, 0.05) is 0 Å². The van der Waals surface area contributed by atoms with Crippen LogP contribution < -0.4 is 5.73 Å². The van der Waals surface area contributed by atoms with Crippen molar-refractivity contribution in [2.75, 3.05) is 0 Å². The van der Waals surface area contributed by atoms with Crippen LogP contribution in [-0.2, 0) is 0 Å². The molecule has 1 unspecified atom stereocenters. The summed E-state index contributed by atoms with van der Waals surface area (Å²) in [5, 5.41) is 16.6. The van der Waals surface area contributed by atoms with E-state index in [1.165, 1.54) is 6.92 Å². The van der Waals surface area contributed by atoms with Gasteiger partial charge in [-0.2, -0.15) is 0 Å². The Morgan fingerprint density at radius 2 is 1.92 bits per heavy atom. The minimum atomic E-state index is -0.667. The predicted octanol–water partition coefficient (Wildman–Crippen LogP) is 0.984. The van der Waals surface area contributed by atoms with Crippen molar-refractivity contribution >= 4 is 0 Å². The van der Waals surface area contributed by atoms with Gasteiger partial charge in [-0.3, -0.25) is 0 Å². The van der Waals surface area contributed by atoms with Crippen molar-refractivity contribution < 1.29 is 10.2 Å². The van der Waals surface area contributed by atoms with Gasteiger partial charge in [0.25, 0.3) is 0 Å². The molecule has 1 aromatic rings. The molecule has 0 aliphatic heterocycles. The summed E-state index contributed by atoms with van der Waals surface area (Å²) < 4.78 is 0.